The topological polar surface area (TPSA) is 62.1 Å². The van der Waals surface area contributed by atoms with E-state index in [0.29, 0.717) is 47.2 Å². The summed E-state index contributed by atoms with van der Waals surface area (Å²) in [7, 11) is 0. The number of nitrogens with zero attached hydrogens (tertiary/aromatic N) is 2. The second-order valence-corrected chi connectivity index (χ2v) is 10.1. The van der Waals surface area contributed by atoms with E-state index in [0.717, 1.165) is 38.5 Å². The minimum atomic E-state index is -0.0712. The van der Waals surface area contributed by atoms with Gasteiger partial charge in [-0.15, -0.1) is 0 Å². The Morgan fingerprint density at radius 3 is 2.51 bits per heavy atom. The highest BCUT2D eigenvalue weighted by atomic mass is 35.5. The number of aryl methyl sites for hydroxylation is 2. The van der Waals surface area contributed by atoms with Gasteiger partial charge >= 0.3 is 0 Å². The summed E-state index contributed by atoms with van der Waals surface area (Å²) in [6, 6.07) is 17.2. The molecule has 6 nitrogen and oxygen atoms in total. The first-order chi connectivity index (χ1) is 17.9. The van der Waals surface area contributed by atoms with Crippen LogP contribution in [0.5, 0.6) is 17.2 Å². The predicted octanol–water partition coefficient (Wildman–Crippen LogP) is 5.97. The molecule has 2 heterocycles. The van der Waals surface area contributed by atoms with E-state index in [1.54, 1.807) is 4.40 Å². The van der Waals surface area contributed by atoms with Crippen molar-refractivity contribution in [1.82, 2.24) is 9.38 Å². The molecule has 3 aromatic carbocycles. The van der Waals surface area contributed by atoms with Crippen molar-refractivity contribution in [3.8, 4) is 17.2 Å². The molecule has 0 aliphatic heterocycles. The molecule has 0 unspecified atom stereocenters. The fourth-order valence-electron chi connectivity index (χ4n) is 4.19. The van der Waals surface area contributed by atoms with Gasteiger partial charge in [0.1, 0.15) is 5.75 Å². The van der Waals surface area contributed by atoms with Gasteiger partial charge in [-0.25, -0.2) is 9.38 Å². The van der Waals surface area contributed by atoms with E-state index in [2.05, 4.69) is 4.98 Å². The van der Waals surface area contributed by atoms with Crippen LogP contribution in [-0.4, -0.2) is 29.2 Å². The lowest BCUT2D eigenvalue weighted by Crippen LogP contribution is -2.22. The second-order valence-electron chi connectivity index (χ2n) is 8.70. The minimum Gasteiger partial charge on any atom is -0.493 e. The van der Waals surface area contributed by atoms with Crippen molar-refractivity contribution in [3.63, 3.8) is 0 Å². The Hall–Kier alpha value is -3.55. The Morgan fingerprint density at radius 1 is 0.973 bits per heavy atom. The largest absolute Gasteiger partial charge is 0.493 e. The molecular weight excluding hydrogens is 508 g/mol. The van der Waals surface area contributed by atoms with Gasteiger partial charge in [-0.1, -0.05) is 41.1 Å². The summed E-state index contributed by atoms with van der Waals surface area (Å²) >= 11 is 7.61. The summed E-state index contributed by atoms with van der Waals surface area (Å²) in [5.41, 5.74) is 4.43. The maximum atomic E-state index is 13.1. The zero-order chi connectivity index (χ0) is 25.9. The molecule has 8 heteroatoms. The highest BCUT2D eigenvalue weighted by molar-refractivity contribution is 7.15. The van der Waals surface area contributed by atoms with Gasteiger partial charge in [0.25, 0.3) is 5.56 Å². The Labute approximate surface area is 223 Å². The summed E-state index contributed by atoms with van der Waals surface area (Å²) in [6.07, 6.45) is 2.58. The van der Waals surface area contributed by atoms with E-state index < -0.39 is 0 Å². The van der Waals surface area contributed by atoms with Crippen molar-refractivity contribution in [2.75, 3.05) is 19.8 Å². The third-order valence-corrected chi connectivity index (χ3v) is 7.50. The zero-order valence-electron chi connectivity index (χ0n) is 20.9. The molecule has 0 radical (unpaired) electrons. The molecule has 0 saturated heterocycles. The molecule has 190 valence electrons. The number of aromatic nitrogens is 2. The van der Waals surface area contributed by atoms with Crippen LogP contribution in [0.25, 0.3) is 22.1 Å². The minimum absolute atomic E-state index is 0.0712. The van der Waals surface area contributed by atoms with Gasteiger partial charge in [-0.2, -0.15) is 0 Å². The summed E-state index contributed by atoms with van der Waals surface area (Å²) in [4.78, 5) is 18.3. The number of imidazole rings is 1. The Kier molecular flexibility index (Phi) is 7.35. The van der Waals surface area contributed by atoms with E-state index in [1.165, 1.54) is 11.3 Å². The van der Waals surface area contributed by atoms with Crippen LogP contribution in [0.3, 0.4) is 0 Å². The van der Waals surface area contributed by atoms with Gasteiger partial charge in [-0.3, -0.25) is 4.79 Å². The number of hydrogen-bond donors (Lipinski definition) is 0. The molecule has 0 spiro atoms. The third kappa shape index (κ3) is 5.29. The van der Waals surface area contributed by atoms with Crippen molar-refractivity contribution in [2.24, 2.45) is 0 Å². The lowest BCUT2D eigenvalue weighted by molar-refractivity contribution is 0.236. The molecule has 0 fully saturated rings. The van der Waals surface area contributed by atoms with Crippen molar-refractivity contribution in [3.05, 3.63) is 91.2 Å². The Morgan fingerprint density at radius 2 is 1.73 bits per heavy atom. The average Bonchev–Trinajstić information content (AvgIpc) is 3.39. The molecule has 0 aliphatic rings. The van der Waals surface area contributed by atoms with Crippen LogP contribution in [0.1, 0.15) is 30.0 Å². The third-order valence-electron chi connectivity index (χ3n) is 5.94. The first-order valence-electron chi connectivity index (χ1n) is 12.2. The molecule has 0 atom stereocenters. The molecule has 0 aliphatic carbocycles. The first kappa shape index (κ1) is 25.1. The van der Waals surface area contributed by atoms with Crippen LogP contribution in [0.2, 0.25) is 5.02 Å². The fraction of sp³-hybridized carbons (Fsp3) is 0.241. The standard InChI is InChI=1S/C29H27ClN2O4S/c1-4-34-25-16-20(17-26-28(33)32-23-9-6-5-8-22(23)31-29(32)37-26)10-11-24(25)36-13-7-12-35-21-14-18(2)27(30)19(3)15-21/h5-6,8-11,14-17H,4,7,12-13H2,1-3H3/b26-17-. The Balaban J connectivity index is 1.28. The monoisotopic (exact) mass is 534 g/mol. The Bertz CT molecular complexity index is 1670. The van der Waals surface area contributed by atoms with Crippen molar-refractivity contribution in [2.45, 2.75) is 27.2 Å². The van der Waals surface area contributed by atoms with Gasteiger partial charge in [0.15, 0.2) is 16.5 Å². The molecule has 0 saturated carbocycles. The second kappa shape index (κ2) is 10.8. The number of fused-ring (bicyclic) bond motifs is 3. The zero-order valence-corrected chi connectivity index (χ0v) is 22.5. The van der Waals surface area contributed by atoms with Gasteiger partial charge in [0, 0.05) is 11.4 Å². The SMILES string of the molecule is CCOc1cc(/C=c2\sc3nc4ccccc4n3c2=O)ccc1OCCCOc1cc(C)c(Cl)c(C)c1. The maximum absolute atomic E-state index is 13.1. The van der Waals surface area contributed by atoms with Crippen molar-refractivity contribution in [1.29, 1.82) is 0 Å². The molecule has 0 amide bonds. The highest BCUT2D eigenvalue weighted by Gasteiger charge is 2.12. The fourth-order valence-corrected chi connectivity index (χ4v) is 5.28. The number of rotatable bonds is 9. The summed E-state index contributed by atoms with van der Waals surface area (Å²) in [5.74, 6) is 2.10. The van der Waals surface area contributed by atoms with Gasteiger partial charge in [0.2, 0.25) is 0 Å². The van der Waals surface area contributed by atoms with Crippen molar-refractivity contribution < 1.29 is 14.2 Å². The lowest BCUT2D eigenvalue weighted by atomic mass is 10.1. The van der Waals surface area contributed by atoms with Gasteiger partial charge < -0.3 is 14.2 Å². The summed E-state index contributed by atoms with van der Waals surface area (Å²) in [5, 5.41) is 0.772. The van der Waals surface area contributed by atoms with Crippen LogP contribution in [0, 0.1) is 13.8 Å². The number of ether oxygens (including phenoxy) is 3. The van der Waals surface area contributed by atoms with E-state index >= 15 is 0 Å². The summed E-state index contributed by atoms with van der Waals surface area (Å²) in [6.45, 7) is 7.38. The van der Waals surface area contributed by atoms with Gasteiger partial charge in [0.05, 0.1) is 35.4 Å². The number of thiazole rings is 1. The van der Waals surface area contributed by atoms with Crippen LogP contribution in [0.15, 0.2) is 59.4 Å². The number of halogens is 1. The smallest absolute Gasteiger partial charge is 0.274 e. The molecular formula is C29H27ClN2O4S. The maximum Gasteiger partial charge on any atom is 0.274 e. The number of para-hydroxylation sites is 2. The molecule has 0 N–H and O–H groups in total. The van der Waals surface area contributed by atoms with Crippen LogP contribution in [0.4, 0.5) is 0 Å². The molecule has 5 rings (SSSR count). The number of benzene rings is 3. The van der Waals surface area contributed by atoms with Crippen LogP contribution >= 0.6 is 22.9 Å². The lowest BCUT2D eigenvalue weighted by Gasteiger charge is -2.13. The molecule has 0 bridgehead atoms. The van der Waals surface area contributed by atoms with E-state index in [-0.39, 0.29) is 5.56 Å². The average molecular weight is 535 g/mol. The normalized spacial score (nSPS) is 11.9. The van der Waals surface area contributed by atoms with E-state index in [1.807, 2.05) is 81.4 Å². The highest BCUT2D eigenvalue weighted by Crippen LogP contribution is 2.29. The molecule has 5 aromatic rings. The van der Waals surface area contributed by atoms with Crippen LogP contribution in [-0.2, 0) is 0 Å². The molecule has 2 aromatic heterocycles. The first-order valence-corrected chi connectivity index (χ1v) is 13.3. The van der Waals surface area contributed by atoms with E-state index in [4.69, 9.17) is 25.8 Å². The predicted molar refractivity (Wildman–Crippen MR) is 150 cm³/mol. The van der Waals surface area contributed by atoms with Crippen LogP contribution < -0.4 is 24.3 Å². The van der Waals surface area contributed by atoms with Crippen molar-refractivity contribution >= 4 is 45.0 Å². The summed E-state index contributed by atoms with van der Waals surface area (Å²) < 4.78 is 20.0. The van der Waals surface area contributed by atoms with Gasteiger partial charge in [-0.05, 0) is 79.9 Å². The molecule has 37 heavy (non-hydrogen) atoms. The quantitative estimate of drug-likeness (QED) is 0.218. The number of hydrogen-bond acceptors (Lipinski definition) is 6. The van der Waals surface area contributed by atoms with E-state index in [9.17, 15) is 4.79 Å².